The molecule has 1 amide bonds. The summed E-state index contributed by atoms with van der Waals surface area (Å²) in [4.78, 5) is 34.6. The molecule has 4 aromatic rings. The topological polar surface area (TPSA) is 95.1 Å². The maximum absolute atomic E-state index is 13.3. The van der Waals surface area contributed by atoms with E-state index in [2.05, 4.69) is 31.6 Å². The predicted molar refractivity (Wildman–Crippen MR) is 151 cm³/mol. The maximum atomic E-state index is 13.3. The van der Waals surface area contributed by atoms with E-state index in [0.717, 1.165) is 48.2 Å². The van der Waals surface area contributed by atoms with Crippen molar-refractivity contribution < 1.29 is 4.79 Å². The lowest BCUT2D eigenvalue weighted by molar-refractivity contribution is -0.119. The van der Waals surface area contributed by atoms with Crippen LogP contribution in [-0.4, -0.2) is 51.0 Å². The highest BCUT2D eigenvalue weighted by molar-refractivity contribution is 6.39. The van der Waals surface area contributed by atoms with Gasteiger partial charge >= 0.3 is 0 Å². The van der Waals surface area contributed by atoms with E-state index in [1.54, 1.807) is 25.1 Å². The summed E-state index contributed by atoms with van der Waals surface area (Å²) in [6.07, 6.45) is 4.96. The highest BCUT2D eigenvalue weighted by atomic mass is 35.5. The average Bonchev–Trinajstić information content (AvgIpc) is 3.42. The molecule has 1 aliphatic heterocycles. The van der Waals surface area contributed by atoms with Crippen LogP contribution in [0.3, 0.4) is 0 Å². The second-order valence-corrected chi connectivity index (χ2v) is 10.2. The van der Waals surface area contributed by atoms with Crippen LogP contribution in [0.5, 0.6) is 0 Å². The highest BCUT2D eigenvalue weighted by Crippen LogP contribution is 2.34. The number of amides is 1. The summed E-state index contributed by atoms with van der Waals surface area (Å²) in [5, 5.41) is 8.60. The second-order valence-electron chi connectivity index (χ2n) is 9.41. The zero-order valence-corrected chi connectivity index (χ0v) is 22.4. The number of carbonyl (C=O) groups excluding carboxylic acids is 1. The molecule has 37 heavy (non-hydrogen) atoms. The lowest BCUT2D eigenvalue weighted by atomic mass is 10.0. The molecule has 1 atom stereocenters. The minimum absolute atomic E-state index is 0.00449. The summed E-state index contributed by atoms with van der Waals surface area (Å²) in [6, 6.07) is 9.34. The molecule has 1 fully saturated rings. The van der Waals surface area contributed by atoms with Gasteiger partial charge in [0.05, 0.1) is 32.2 Å². The first-order valence-electron chi connectivity index (χ1n) is 12.1. The SMILES string of the molecule is CC(=O)NC1CCN(C/C=C/c2[nH]c(=O)c3c(ccc4nc(Nc5c(Cl)cccc5Cl)n(C)c43)c2C)C1. The molecule has 8 nitrogen and oxygen atoms in total. The van der Waals surface area contributed by atoms with Crippen LogP contribution < -0.4 is 16.2 Å². The van der Waals surface area contributed by atoms with Crippen LogP contribution >= 0.6 is 23.2 Å². The number of aryl methyl sites for hydroxylation is 2. The molecule has 192 valence electrons. The van der Waals surface area contributed by atoms with Crippen LogP contribution in [0.15, 0.2) is 41.2 Å². The predicted octanol–water partition coefficient (Wildman–Crippen LogP) is 5.00. The average molecular weight is 539 g/mol. The van der Waals surface area contributed by atoms with Gasteiger partial charge in [-0.2, -0.15) is 0 Å². The van der Waals surface area contributed by atoms with E-state index in [1.807, 2.05) is 36.7 Å². The van der Waals surface area contributed by atoms with Crippen LogP contribution in [0.1, 0.15) is 24.6 Å². The van der Waals surface area contributed by atoms with Crippen molar-refractivity contribution in [2.24, 2.45) is 7.05 Å². The zero-order valence-electron chi connectivity index (χ0n) is 20.9. The summed E-state index contributed by atoms with van der Waals surface area (Å²) >= 11 is 12.7. The number of anilines is 2. The maximum Gasteiger partial charge on any atom is 0.258 e. The first-order valence-corrected chi connectivity index (χ1v) is 12.9. The lowest BCUT2D eigenvalue weighted by Gasteiger charge is -2.14. The molecule has 2 aromatic heterocycles. The van der Waals surface area contributed by atoms with Gasteiger partial charge < -0.3 is 20.2 Å². The van der Waals surface area contributed by atoms with E-state index in [9.17, 15) is 9.59 Å². The van der Waals surface area contributed by atoms with Crippen molar-refractivity contribution in [2.75, 3.05) is 25.0 Å². The molecule has 0 radical (unpaired) electrons. The summed E-state index contributed by atoms with van der Waals surface area (Å²) in [5.74, 6) is 0.534. The number of imidazole rings is 1. The third-order valence-corrected chi connectivity index (χ3v) is 7.48. The standard InChI is InChI=1S/C27H28Cl2N6O2/c1-15-18-9-10-22-25(34(3)27(32-22)33-24-19(28)6-4-7-20(24)29)23(18)26(37)31-21(15)8-5-12-35-13-11-17(14-35)30-16(2)36/h4-10,17H,11-14H2,1-3H3,(H,30,36)(H,31,37)(H,32,33)/b8-5+. The Hall–Kier alpha value is -3.33. The Labute approximate surface area is 224 Å². The van der Waals surface area contributed by atoms with Crippen LogP contribution in [-0.2, 0) is 11.8 Å². The number of aromatic nitrogens is 3. The summed E-state index contributed by atoms with van der Waals surface area (Å²) in [7, 11) is 1.86. The van der Waals surface area contributed by atoms with Gasteiger partial charge in [0.15, 0.2) is 0 Å². The Balaban J connectivity index is 1.45. The van der Waals surface area contributed by atoms with Crippen molar-refractivity contribution in [1.29, 1.82) is 0 Å². The van der Waals surface area contributed by atoms with Gasteiger partial charge in [-0.3, -0.25) is 14.5 Å². The molecule has 3 heterocycles. The number of halogens is 2. The molecule has 3 N–H and O–H groups in total. The summed E-state index contributed by atoms with van der Waals surface area (Å²) in [5.41, 5.74) is 3.56. The van der Waals surface area contributed by atoms with E-state index in [1.165, 1.54) is 0 Å². The first-order chi connectivity index (χ1) is 17.7. The van der Waals surface area contributed by atoms with Gasteiger partial charge in [0.25, 0.3) is 5.56 Å². The third-order valence-electron chi connectivity index (χ3n) is 6.85. The van der Waals surface area contributed by atoms with Gasteiger partial charge in [0, 0.05) is 45.3 Å². The molecule has 0 spiro atoms. The molecule has 1 unspecified atom stereocenters. The molecule has 2 aromatic carbocycles. The molecular formula is C27H28Cl2N6O2. The normalized spacial score (nSPS) is 16.3. The van der Waals surface area contributed by atoms with Gasteiger partial charge in [-0.15, -0.1) is 0 Å². The van der Waals surface area contributed by atoms with E-state index in [-0.39, 0.29) is 17.5 Å². The molecule has 1 aliphatic rings. The minimum Gasteiger partial charge on any atom is -0.352 e. The van der Waals surface area contributed by atoms with Gasteiger partial charge in [-0.25, -0.2) is 4.98 Å². The number of nitrogens with one attached hydrogen (secondary N) is 3. The van der Waals surface area contributed by atoms with Crippen molar-refractivity contribution in [1.82, 2.24) is 24.8 Å². The number of aromatic amines is 1. The number of pyridine rings is 1. The van der Waals surface area contributed by atoms with Crippen LogP contribution in [0.4, 0.5) is 11.6 Å². The Morgan fingerprint density at radius 3 is 2.73 bits per heavy atom. The minimum atomic E-state index is -0.178. The van der Waals surface area contributed by atoms with E-state index < -0.39 is 0 Å². The number of H-pyrrole nitrogens is 1. The van der Waals surface area contributed by atoms with Crippen molar-refractivity contribution in [3.8, 4) is 0 Å². The molecule has 0 saturated carbocycles. The fourth-order valence-electron chi connectivity index (χ4n) is 5.00. The number of rotatable bonds is 6. The van der Waals surface area contributed by atoms with Crippen molar-refractivity contribution in [2.45, 2.75) is 26.3 Å². The number of benzene rings is 2. The number of carbonyl (C=O) groups is 1. The van der Waals surface area contributed by atoms with Crippen LogP contribution in [0.2, 0.25) is 10.0 Å². The number of fused-ring (bicyclic) bond motifs is 3. The molecular weight excluding hydrogens is 511 g/mol. The Morgan fingerprint density at radius 2 is 2.00 bits per heavy atom. The fourth-order valence-corrected chi connectivity index (χ4v) is 5.49. The van der Waals surface area contributed by atoms with Crippen molar-refractivity contribution in [3.63, 3.8) is 0 Å². The Morgan fingerprint density at radius 1 is 1.24 bits per heavy atom. The smallest absolute Gasteiger partial charge is 0.258 e. The zero-order chi connectivity index (χ0) is 26.3. The number of hydrogen-bond acceptors (Lipinski definition) is 5. The third kappa shape index (κ3) is 4.97. The largest absolute Gasteiger partial charge is 0.352 e. The number of nitrogens with zero attached hydrogens (tertiary/aromatic N) is 3. The molecule has 10 heteroatoms. The van der Waals surface area contributed by atoms with Crippen LogP contribution in [0.25, 0.3) is 27.9 Å². The summed E-state index contributed by atoms with van der Waals surface area (Å²) in [6.45, 7) is 6.05. The van der Waals surface area contributed by atoms with Crippen molar-refractivity contribution in [3.05, 3.63) is 68.1 Å². The monoisotopic (exact) mass is 538 g/mol. The van der Waals surface area contributed by atoms with Gasteiger partial charge in [-0.05, 0) is 48.6 Å². The van der Waals surface area contributed by atoms with E-state index in [4.69, 9.17) is 23.2 Å². The lowest BCUT2D eigenvalue weighted by Crippen LogP contribution is -2.35. The fraction of sp³-hybridized carbons (Fsp3) is 0.296. The Kier molecular flexibility index (Phi) is 6.98. The number of hydrogen-bond donors (Lipinski definition) is 3. The van der Waals surface area contributed by atoms with E-state index in [0.29, 0.717) is 32.6 Å². The van der Waals surface area contributed by atoms with Crippen LogP contribution in [0, 0.1) is 6.92 Å². The molecule has 0 aliphatic carbocycles. The second kappa shape index (κ2) is 10.2. The van der Waals surface area contributed by atoms with Gasteiger partial charge in [0.1, 0.15) is 0 Å². The number of likely N-dealkylation sites (tertiary alicyclic amines) is 1. The first kappa shape index (κ1) is 25.3. The van der Waals surface area contributed by atoms with Gasteiger partial charge in [-0.1, -0.05) is 41.4 Å². The highest BCUT2D eigenvalue weighted by Gasteiger charge is 2.22. The molecule has 1 saturated heterocycles. The molecule has 0 bridgehead atoms. The van der Waals surface area contributed by atoms with Crippen molar-refractivity contribution >= 4 is 68.6 Å². The van der Waals surface area contributed by atoms with Gasteiger partial charge in [0.2, 0.25) is 11.9 Å². The van der Waals surface area contributed by atoms with E-state index >= 15 is 0 Å². The molecule has 5 rings (SSSR count). The Bertz CT molecular complexity index is 1590. The summed E-state index contributed by atoms with van der Waals surface area (Å²) < 4.78 is 1.85. The quantitative estimate of drug-likeness (QED) is 0.321. The number of para-hydroxylation sites is 1.